The minimum Gasteiger partial charge on any atom is -0.247 e. The van der Waals surface area contributed by atoms with Crippen molar-refractivity contribution in [3.63, 3.8) is 0 Å². The topological polar surface area (TPSA) is 51.6 Å². The number of hydrogen-bond donors (Lipinski definition) is 0. The van der Waals surface area contributed by atoms with Gasteiger partial charge in [0.1, 0.15) is 0 Å². The fourth-order valence-electron chi connectivity index (χ4n) is 8.05. The Balaban J connectivity index is 1.10. The van der Waals surface area contributed by atoms with Gasteiger partial charge in [-0.2, -0.15) is 0 Å². The van der Waals surface area contributed by atoms with Crippen molar-refractivity contribution in [2.45, 2.75) is 0 Å². The zero-order valence-electron chi connectivity index (χ0n) is 30.7. The zero-order chi connectivity index (χ0) is 37.7. The van der Waals surface area contributed by atoms with Crippen molar-refractivity contribution in [1.82, 2.24) is 19.9 Å². The van der Waals surface area contributed by atoms with Crippen molar-refractivity contribution in [2.75, 3.05) is 0 Å². The van der Waals surface area contributed by atoms with Gasteiger partial charge >= 0.3 is 0 Å². The summed E-state index contributed by atoms with van der Waals surface area (Å²) in [7, 11) is 0. The highest BCUT2D eigenvalue weighted by atomic mass is 32.1. The summed E-state index contributed by atoms with van der Waals surface area (Å²) in [5.74, 6) is 1.91. The lowest BCUT2D eigenvalue weighted by atomic mass is 9.97. The SMILES string of the molecule is c1ccc(-c2nc(-c3cccc(-c4cccc5c4sc4c5ccc5c(-c6ccccc6)nc6ccccc6c54)c3)nc(-c3ccccc3-c3ccccc3)n2)cc1. The van der Waals surface area contributed by atoms with Crippen LogP contribution >= 0.6 is 11.3 Å². The molecule has 0 amide bonds. The molecule has 266 valence electrons. The van der Waals surface area contributed by atoms with Gasteiger partial charge in [-0.1, -0.05) is 182 Å². The average Bonchev–Trinajstić information content (AvgIpc) is 3.69. The van der Waals surface area contributed by atoms with Gasteiger partial charge in [0.05, 0.1) is 11.2 Å². The Bertz CT molecular complexity index is 3290. The first kappa shape index (κ1) is 33.0. The number of hydrogen-bond acceptors (Lipinski definition) is 5. The molecule has 0 N–H and O–H groups in total. The minimum absolute atomic E-state index is 0.630. The molecule has 0 aliphatic heterocycles. The van der Waals surface area contributed by atoms with Crippen LogP contribution in [0.1, 0.15) is 0 Å². The maximum atomic E-state index is 5.20. The van der Waals surface area contributed by atoms with Crippen molar-refractivity contribution < 1.29 is 0 Å². The molecular formula is C52H32N4S. The van der Waals surface area contributed by atoms with Gasteiger partial charge in [-0.3, -0.25) is 0 Å². The van der Waals surface area contributed by atoms with Crippen LogP contribution in [0.25, 0.3) is 110 Å². The second-order valence-electron chi connectivity index (χ2n) is 14.2. The second-order valence-corrected chi connectivity index (χ2v) is 15.2. The van der Waals surface area contributed by atoms with E-state index in [1.165, 1.54) is 36.5 Å². The van der Waals surface area contributed by atoms with E-state index in [4.69, 9.17) is 19.9 Å². The summed E-state index contributed by atoms with van der Waals surface area (Å²) in [6.45, 7) is 0. The second kappa shape index (κ2) is 13.7. The van der Waals surface area contributed by atoms with Crippen molar-refractivity contribution >= 4 is 53.2 Å². The van der Waals surface area contributed by atoms with Gasteiger partial charge in [-0.15, -0.1) is 11.3 Å². The van der Waals surface area contributed by atoms with E-state index >= 15 is 0 Å². The van der Waals surface area contributed by atoms with E-state index in [0.717, 1.165) is 55.5 Å². The Hall–Kier alpha value is -7.34. The number of pyridine rings is 1. The third-order valence-electron chi connectivity index (χ3n) is 10.7. The van der Waals surface area contributed by atoms with Gasteiger partial charge < -0.3 is 0 Å². The van der Waals surface area contributed by atoms with Crippen LogP contribution in [0.15, 0.2) is 194 Å². The normalized spacial score (nSPS) is 11.5. The van der Waals surface area contributed by atoms with Crippen LogP contribution in [0.5, 0.6) is 0 Å². The third kappa shape index (κ3) is 5.76. The third-order valence-corrected chi connectivity index (χ3v) is 12.0. The van der Waals surface area contributed by atoms with Crippen molar-refractivity contribution in [3.05, 3.63) is 194 Å². The Morgan fingerprint density at radius 2 is 0.825 bits per heavy atom. The predicted octanol–water partition coefficient (Wildman–Crippen LogP) is 13.9. The van der Waals surface area contributed by atoms with Gasteiger partial charge in [-0.25, -0.2) is 19.9 Å². The van der Waals surface area contributed by atoms with E-state index in [-0.39, 0.29) is 0 Å². The highest BCUT2D eigenvalue weighted by molar-refractivity contribution is 7.27. The average molecular weight is 745 g/mol. The smallest absolute Gasteiger partial charge is 0.164 e. The van der Waals surface area contributed by atoms with E-state index in [9.17, 15) is 0 Å². The molecule has 0 radical (unpaired) electrons. The first-order valence-electron chi connectivity index (χ1n) is 19.1. The molecule has 11 aromatic rings. The molecule has 0 atom stereocenters. The molecule has 0 aliphatic carbocycles. The number of nitrogens with zero attached hydrogens (tertiary/aromatic N) is 4. The largest absolute Gasteiger partial charge is 0.247 e. The molecule has 8 aromatic carbocycles. The van der Waals surface area contributed by atoms with Gasteiger partial charge in [0, 0.05) is 58.6 Å². The summed E-state index contributed by atoms with van der Waals surface area (Å²) in [5, 5.41) is 6.08. The highest BCUT2D eigenvalue weighted by Crippen LogP contribution is 2.46. The molecule has 5 heteroatoms. The zero-order valence-corrected chi connectivity index (χ0v) is 31.5. The predicted molar refractivity (Wildman–Crippen MR) is 238 cm³/mol. The van der Waals surface area contributed by atoms with Crippen LogP contribution in [-0.2, 0) is 0 Å². The number of aromatic nitrogens is 4. The van der Waals surface area contributed by atoms with Crippen LogP contribution in [0.4, 0.5) is 0 Å². The standard InChI is InChI=1S/C52H32N4S/c1-4-16-33(17-5-1)38-24-10-11-25-42(38)52-55-50(35-20-8-3-9-21-35)54-51(56-52)37-23-14-22-36(32-37)39-27-15-28-40-41-30-31-44-46(49(41)57-48(39)40)43-26-12-13-29-45(43)53-47(44)34-18-6-2-7-19-34/h1-32H. The van der Waals surface area contributed by atoms with Crippen molar-refractivity contribution in [3.8, 4) is 67.7 Å². The van der Waals surface area contributed by atoms with Crippen LogP contribution in [0.3, 0.4) is 0 Å². The van der Waals surface area contributed by atoms with E-state index in [1.807, 2.05) is 41.7 Å². The van der Waals surface area contributed by atoms with Crippen molar-refractivity contribution in [2.24, 2.45) is 0 Å². The fourth-order valence-corrected chi connectivity index (χ4v) is 9.45. The minimum atomic E-state index is 0.630. The van der Waals surface area contributed by atoms with Crippen LogP contribution in [0.2, 0.25) is 0 Å². The van der Waals surface area contributed by atoms with Gasteiger partial charge in [-0.05, 0) is 34.4 Å². The number of fused-ring (bicyclic) bond motifs is 7. The lowest BCUT2D eigenvalue weighted by molar-refractivity contribution is 1.07. The van der Waals surface area contributed by atoms with E-state index in [1.54, 1.807) is 0 Å². The molecule has 3 heterocycles. The molecule has 0 spiro atoms. The lowest BCUT2D eigenvalue weighted by Gasteiger charge is -2.12. The molecule has 0 saturated heterocycles. The fraction of sp³-hybridized carbons (Fsp3) is 0. The number of thiophene rings is 1. The molecule has 57 heavy (non-hydrogen) atoms. The first-order chi connectivity index (χ1) is 28.3. The number of rotatable bonds is 6. The quantitative estimate of drug-likeness (QED) is 0.159. The van der Waals surface area contributed by atoms with Gasteiger partial charge in [0.2, 0.25) is 0 Å². The van der Waals surface area contributed by atoms with Crippen molar-refractivity contribution in [1.29, 1.82) is 0 Å². The number of para-hydroxylation sites is 1. The Morgan fingerprint density at radius 1 is 0.298 bits per heavy atom. The summed E-state index contributed by atoms with van der Waals surface area (Å²) in [5.41, 5.74) is 10.4. The van der Waals surface area contributed by atoms with Crippen LogP contribution in [-0.4, -0.2) is 19.9 Å². The first-order valence-corrected chi connectivity index (χ1v) is 19.9. The van der Waals surface area contributed by atoms with Gasteiger partial charge in [0.25, 0.3) is 0 Å². The molecule has 3 aromatic heterocycles. The van der Waals surface area contributed by atoms with E-state index < -0.39 is 0 Å². The molecule has 0 fully saturated rings. The Morgan fingerprint density at radius 3 is 1.61 bits per heavy atom. The molecule has 0 bridgehead atoms. The Kier molecular flexibility index (Phi) is 7.97. The maximum Gasteiger partial charge on any atom is 0.164 e. The van der Waals surface area contributed by atoms with Crippen LogP contribution in [0, 0.1) is 0 Å². The van der Waals surface area contributed by atoms with E-state index in [2.05, 4.69) is 164 Å². The summed E-state index contributed by atoms with van der Waals surface area (Å²) in [6.07, 6.45) is 0. The van der Waals surface area contributed by atoms with E-state index in [0.29, 0.717) is 17.5 Å². The molecule has 4 nitrogen and oxygen atoms in total. The summed E-state index contributed by atoms with van der Waals surface area (Å²) in [4.78, 5) is 20.6. The monoisotopic (exact) mass is 744 g/mol. The molecular weight excluding hydrogens is 713 g/mol. The maximum absolute atomic E-state index is 5.20. The van der Waals surface area contributed by atoms with Gasteiger partial charge in [0.15, 0.2) is 17.5 Å². The lowest BCUT2D eigenvalue weighted by Crippen LogP contribution is -2.01. The molecule has 0 saturated carbocycles. The summed E-state index contributed by atoms with van der Waals surface area (Å²) >= 11 is 1.86. The van der Waals surface area contributed by atoms with Crippen LogP contribution < -0.4 is 0 Å². The molecule has 0 unspecified atom stereocenters. The highest BCUT2D eigenvalue weighted by Gasteiger charge is 2.19. The molecule has 0 aliphatic rings. The molecule has 11 rings (SSSR count). The number of benzene rings is 8. The Labute approximate surface area is 333 Å². The summed E-state index contributed by atoms with van der Waals surface area (Å²) in [6, 6.07) is 67.8. The summed E-state index contributed by atoms with van der Waals surface area (Å²) < 4.78 is 2.52.